The third-order valence-electron chi connectivity index (χ3n) is 2.61. The van der Waals surface area contributed by atoms with Gasteiger partial charge in [0.15, 0.2) is 0 Å². The van der Waals surface area contributed by atoms with E-state index in [1.807, 2.05) is 22.9 Å². The summed E-state index contributed by atoms with van der Waals surface area (Å²) in [7, 11) is 0. The molecule has 0 amide bonds. The number of imidazole rings is 1. The van der Waals surface area contributed by atoms with Crippen molar-refractivity contribution in [2.75, 3.05) is 0 Å². The fourth-order valence-electron chi connectivity index (χ4n) is 1.69. The molecular weight excluding hydrogens is 198 g/mol. The summed E-state index contributed by atoms with van der Waals surface area (Å²) in [6, 6.07) is 10.3. The van der Waals surface area contributed by atoms with Crippen LogP contribution in [0.25, 0.3) is 17.0 Å². The predicted molar refractivity (Wildman–Crippen MR) is 63.2 cm³/mol. The first-order valence-corrected chi connectivity index (χ1v) is 5.20. The molecule has 2 aromatic heterocycles. The Balaban J connectivity index is 2.14. The first-order chi connectivity index (χ1) is 7.83. The van der Waals surface area contributed by atoms with Crippen molar-refractivity contribution >= 4 is 5.78 Å². The summed E-state index contributed by atoms with van der Waals surface area (Å²) < 4.78 is 1.90. The van der Waals surface area contributed by atoms with E-state index in [-0.39, 0.29) is 0 Å². The summed E-state index contributed by atoms with van der Waals surface area (Å²) in [6.45, 7) is 2.08. The fraction of sp³-hybridized carbons (Fsp3) is 0.0769. The molecule has 0 aliphatic rings. The molecule has 0 N–H and O–H groups in total. The largest absolute Gasteiger partial charge is 0.291 e. The third-order valence-corrected chi connectivity index (χ3v) is 2.61. The van der Waals surface area contributed by atoms with E-state index in [2.05, 4.69) is 41.2 Å². The van der Waals surface area contributed by atoms with Crippen molar-refractivity contribution < 1.29 is 0 Å². The molecule has 2 heterocycles. The second kappa shape index (κ2) is 3.45. The van der Waals surface area contributed by atoms with E-state index >= 15 is 0 Å². The quantitative estimate of drug-likeness (QED) is 0.616. The minimum atomic E-state index is 0.734. The normalized spacial score (nSPS) is 10.8. The van der Waals surface area contributed by atoms with E-state index in [9.17, 15) is 0 Å². The lowest BCUT2D eigenvalue weighted by atomic mass is 10.1. The van der Waals surface area contributed by atoms with Crippen LogP contribution in [0.3, 0.4) is 0 Å². The first-order valence-electron chi connectivity index (χ1n) is 5.20. The van der Waals surface area contributed by atoms with Gasteiger partial charge in [0, 0.05) is 24.2 Å². The molecule has 3 heteroatoms. The van der Waals surface area contributed by atoms with Gasteiger partial charge in [-0.15, -0.1) is 0 Å². The third kappa shape index (κ3) is 1.46. The average Bonchev–Trinajstić information content (AvgIpc) is 2.77. The van der Waals surface area contributed by atoms with Gasteiger partial charge in [0.2, 0.25) is 5.78 Å². The number of aryl methyl sites for hydroxylation is 1. The Hall–Kier alpha value is -2.16. The van der Waals surface area contributed by atoms with Crippen LogP contribution in [0.4, 0.5) is 0 Å². The number of nitrogens with zero attached hydrogens (tertiary/aromatic N) is 3. The van der Waals surface area contributed by atoms with E-state index < -0.39 is 0 Å². The van der Waals surface area contributed by atoms with Crippen molar-refractivity contribution in [3.05, 3.63) is 54.5 Å². The molecule has 0 saturated heterocycles. The highest BCUT2D eigenvalue weighted by atomic mass is 15.1. The Morgan fingerprint density at radius 2 is 1.81 bits per heavy atom. The summed E-state index contributed by atoms with van der Waals surface area (Å²) in [5.74, 6) is 0.734. The van der Waals surface area contributed by atoms with Crippen molar-refractivity contribution in [2.24, 2.45) is 0 Å². The number of benzene rings is 1. The van der Waals surface area contributed by atoms with Gasteiger partial charge >= 0.3 is 0 Å². The van der Waals surface area contributed by atoms with Crippen LogP contribution in [-0.2, 0) is 0 Å². The van der Waals surface area contributed by atoms with Gasteiger partial charge < -0.3 is 0 Å². The van der Waals surface area contributed by atoms with Crippen LogP contribution < -0.4 is 0 Å². The van der Waals surface area contributed by atoms with Crippen molar-refractivity contribution in [1.29, 1.82) is 0 Å². The summed E-state index contributed by atoms with van der Waals surface area (Å²) in [5, 5.41) is 0. The lowest BCUT2D eigenvalue weighted by Crippen LogP contribution is -1.90. The fourth-order valence-corrected chi connectivity index (χ4v) is 1.69. The molecule has 0 unspecified atom stereocenters. The molecule has 0 atom stereocenters. The van der Waals surface area contributed by atoms with Gasteiger partial charge in [0.1, 0.15) is 0 Å². The molecule has 0 spiro atoms. The maximum atomic E-state index is 4.49. The Morgan fingerprint density at radius 3 is 2.62 bits per heavy atom. The molecule has 0 fully saturated rings. The van der Waals surface area contributed by atoms with Gasteiger partial charge in [-0.25, -0.2) is 9.97 Å². The maximum Gasteiger partial charge on any atom is 0.234 e. The number of hydrogen-bond donors (Lipinski definition) is 0. The molecule has 1 aromatic carbocycles. The molecule has 3 aromatic rings. The smallest absolute Gasteiger partial charge is 0.234 e. The minimum Gasteiger partial charge on any atom is -0.291 e. The van der Waals surface area contributed by atoms with Gasteiger partial charge in [-0.05, 0) is 13.0 Å². The Bertz CT molecular complexity index is 623. The number of aromatic nitrogens is 3. The molecular formula is C13H11N3. The van der Waals surface area contributed by atoms with E-state index in [1.165, 1.54) is 5.56 Å². The van der Waals surface area contributed by atoms with Crippen molar-refractivity contribution in [2.45, 2.75) is 6.92 Å². The average molecular weight is 209 g/mol. The lowest BCUT2D eigenvalue weighted by Gasteiger charge is -2.01. The van der Waals surface area contributed by atoms with Gasteiger partial charge in [-0.1, -0.05) is 29.8 Å². The number of rotatable bonds is 1. The van der Waals surface area contributed by atoms with Crippen LogP contribution in [0, 0.1) is 6.92 Å². The zero-order valence-corrected chi connectivity index (χ0v) is 8.96. The topological polar surface area (TPSA) is 30.2 Å². The SMILES string of the molecule is Cc1ccc(-c2ccn3ccnc3n2)cc1. The Labute approximate surface area is 93.4 Å². The second-order valence-electron chi connectivity index (χ2n) is 3.81. The molecule has 3 nitrogen and oxygen atoms in total. The number of fused-ring (bicyclic) bond motifs is 1. The molecule has 0 radical (unpaired) electrons. The van der Waals surface area contributed by atoms with Crippen LogP contribution in [0.2, 0.25) is 0 Å². The zero-order valence-electron chi connectivity index (χ0n) is 8.96. The highest BCUT2D eigenvalue weighted by Gasteiger charge is 2.01. The summed E-state index contributed by atoms with van der Waals surface area (Å²) in [6.07, 6.45) is 5.62. The lowest BCUT2D eigenvalue weighted by molar-refractivity contribution is 1.11. The van der Waals surface area contributed by atoms with Crippen LogP contribution in [-0.4, -0.2) is 14.4 Å². The van der Waals surface area contributed by atoms with Gasteiger partial charge in [0.05, 0.1) is 5.69 Å². The van der Waals surface area contributed by atoms with E-state index in [0.29, 0.717) is 0 Å². The van der Waals surface area contributed by atoms with E-state index in [1.54, 1.807) is 6.20 Å². The van der Waals surface area contributed by atoms with Gasteiger partial charge in [-0.2, -0.15) is 0 Å². The van der Waals surface area contributed by atoms with Crippen LogP contribution in [0.1, 0.15) is 5.56 Å². The van der Waals surface area contributed by atoms with Crippen LogP contribution >= 0.6 is 0 Å². The maximum absolute atomic E-state index is 4.49. The Morgan fingerprint density at radius 1 is 1.00 bits per heavy atom. The molecule has 3 rings (SSSR count). The van der Waals surface area contributed by atoms with Crippen molar-refractivity contribution in [3.63, 3.8) is 0 Å². The number of hydrogen-bond acceptors (Lipinski definition) is 2. The monoisotopic (exact) mass is 209 g/mol. The van der Waals surface area contributed by atoms with Gasteiger partial charge in [-0.3, -0.25) is 4.40 Å². The van der Waals surface area contributed by atoms with Crippen LogP contribution in [0.5, 0.6) is 0 Å². The van der Waals surface area contributed by atoms with E-state index in [0.717, 1.165) is 17.0 Å². The first kappa shape index (κ1) is 9.09. The molecule has 78 valence electrons. The molecule has 0 aliphatic heterocycles. The van der Waals surface area contributed by atoms with Crippen molar-refractivity contribution in [1.82, 2.24) is 14.4 Å². The standard InChI is InChI=1S/C13H11N3/c1-10-2-4-11(5-3-10)12-6-8-16-9-7-14-13(16)15-12/h2-9H,1H3. The zero-order chi connectivity index (χ0) is 11.0. The highest BCUT2D eigenvalue weighted by Crippen LogP contribution is 2.17. The summed E-state index contributed by atoms with van der Waals surface area (Å²) in [5.41, 5.74) is 3.33. The molecule has 0 saturated carbocycles. The van der Waals surface area contributed by atoms with Crippen LogP contribution in [0.15, 0.2) is 48.9 Å². The summed E-state index contributed by atoms with van der Waals surface area (Å²) >= 11 is 0. The minimum absolute atomic E-state index is 0.734. The highest BCUT2D eigenvalue weighted by molar-refractivity contribution is 5.60. The van der Waals surface area contributed by atoms with E-state index in [4.69, 9.17) is 0 Å². The Kier molecular flexibility index (Phi) is 1.96. The second-order valence-corrected chi connectivity index (χ2v) is 3.81. The predicted octanol–water partition coefficient (Wildman–Crippen LogP) is 2.70. The molecule has 0 bridgehead atoms. The summed E-state index contributed by atoms with van der Waals surface area (Å²) in [4.78, 5) is 8.66. The molecule has 16 heavy (non-hydrogen) atoms. The van der Waals surface area contributed by atoms with Crippen molar-refractivity contribution in [3.8, 4) is 11.3 Å². The molecule has 0 aliphatic carbocycles. The van der Waals surface area contributed by atoms with Gasteiger partial charge in [0.25, 0.3) is 0 Å².